The maximum atomic E-state index is 13.5. The number of nitro benzene ring substituents is 1. The number of nitro groups is 1. The highest BCUT2D eigenvalue weighted by Crippen LogP contribution is 2.23. The monoisotopic (exact) mass is 344 g/mol. The highest BCUT2D eigenvalue weighted by molar-refractivity contribution is 7.89. The molecule has 0 aliphatic heterocycles. The fourth-order valence-electron chi connectivity index (χ4n) is 1.49. The summed E-state index contributed by atoms with van der Waals surface area (Å²) in [4.78, 5) is 9.18. The Balaban J connectivity index is 3.20. The lowest BCUT2D eigenvalue weighted by atomic mass is 10.3. The van der Waals surface area contributed by atoms with Crippen LogP contribution in [0, 0.1) is 15.9 Å². The number of hydrogen-bond acceptors (Lipinski definition) is 4. The van der Waals surface area contributed by atoms with Gasteiger partial charge in [0.25, 0.3) is 0 Å². The van der Waals surface area contributed by atoms with Crippen LogP contribution in [0.2, 0.25) is 0 Å². The second-order valence-electron chi connectivity index (χ2n) is 3.65. The van der Waals surface area contributed by atoms with Crippen LogP contribution in [0.15, 0.2) is 23.1 Å². The van der Waals surface area contributed by atoms with Crippen LogP contribution >= 0.6 is 23.2 Å². The fraction of sp³-hybridized carbons (Fsp3) is 0.400. The normalized spacial score (nSPS) is 11.8. The molecule has 0 spiro atoms. The molecule has 0 aromatic heterocycles. The summed E-state index contributed by atoms with van der Waals surface area (Å²) in [5, 5.41) is 10.5. The molecule has 0 saturated carbocycles. The minimum atomic E-state index is -3.99. The van der Waals surface area contributed by atoms with Gasteiger partial charge >= 0.3 is 5.69 Å². The van der Waals surface area contributed by atoms with Crippen LogP contribution in [0.25, 0.3) is 0 Å². The third-order valence-electron chi connectivity index (χ3n) is 2.42. The van der Waals surface area contributed by atoms with Gasteiger partial charge in [0.05, 0.1) is 9.82 Å². The second-order valence-corrected chi connectivity index (χ2v) is 6.35. The topological polar surface area (TPSA) is 80.5 Å². The zero-order valence-corrected chi connectivity index (χ0v) is 12.5. The van der Waals surface area contributed by atoms with Crippen LogP contribution in [0.4, 0.5) is 10.1 Å². The predicted octanol–water partition coefficient (Wildman–Crippen LogP) is 2.20. The molecule has 0 N–H and O–H groups in total. The van der Waals surface area contributed by atoms with Crippen LogP contribution in [-0.2, 0) is 10.0 Å². The van der Waals surface area contributed by atoms with E-state index in [-0.39, 0.29) is 29.7 Å². The van der Waals surface area contributed by atoms with Gasteiger partial charge in [-0.3, -0.25) is 10.1 Å². The first kappa shape index (κ1) is 17.1. The summed E-state index contributed by atoms with van der Waals surface area (Å²) in [7, 11) is -3.99. The van der Waals surface area contributed by atoms with Crippen molar-refractivity contribution in [2.75, 3.05) is 24.8 Å². The average Bonchev–Trinajstić information content (AvgIpc) is 2.37. The van der Waals surface area contributed by atoms with Crippen LogP contribution in [0.5, 0.6) is 0 Å². The molecule has 0 heterocycles. The van der Waals surface area contributed by atoms with Gasteiger partial charge in [-0.1, -0.05) is 0 Å². The number of nitrogens with zero attached hydrogens (tertiary/aromatic N) is 2. The van der Waals surface area contributed by atoms with Gasteiger partial charge < -0.3 is 0 Å². The molecule has 1 rings (SSSR count). The first-order valence-corrected chi connectivity index (χ1v) is 7.91. The van der Waals surface area contributed by atoms with Crippen molar-refractivity contribution in [3.63, 3.8) is 0 Å². The summed E-state index contributed by atoms with van der Waals surface area (Å²) in [5.74, 6) is -1.12. The Bertz CT molecular complexity index is 591. The second kappa shape index (κ2) is 7.16. The first-order chi connectivity index (χ1) is 9.34. The Kier molecular flexibility index (Phi) is 6.12. The lowest BCUT2D eigenvalue weighted by Gasteiger charge is -2.20. The molecule has 0 fully saturated rings. The van der Waals surface area contributed by atoms with Crippen LogP contribution < -0.4 is 0 Å². The predicted molar refractivity (Wildman–Crippen MR) is 73.3 cm³/mol. The molecule has 20 heavy (non-hydrogen) atoms. The van der Waals surface area contributed by atoms with Gasteiger partial charge in [0, 0.05) is 37.0 Å². The number of halogens is 3. The van der Waals surface area contributed by atoms with Crippen LogP contribution in [0.3, 0.4) is 0 Å². The summed E-state index contributed by atoms with van der Waals surface area (Å²) in [6, 6.07) is 2.40. The van der Waals surface area contributed by atoms with E-state index in [4.69, 9.17) is 23.2 Å². The van der Waals surface area contributed by atoms with E-state index in [0.29, 0.717) is 6.07 Å². The molecule has 0 radical (unpaired) electrons. The summed E-state index contributed by atoms with van der Waals surface area (Å²) in [5.41, 5.74) is -0.787. The Morgan fingerprint density at radius 2 is 1.80 bits per heavy atom. The Morgan fingerprint density at radius 3 is 2.20 bits per heavy atom. The van der Waals surface area contributed by atoms with Gasteiger partial charge in [0.15, 0.2) is 0 Å². The van der Waals surface area contributed by atoms with Gasteiger partial charge in [0.2, 0.25) is 15.8 Å². The average molecular weight is 345 g/mol. The lowest BCUT2D eigenvalue weighted by Crippen LogP contribution is -2.34. The molecule has 0 aliphatic rings. The number of hydrogen-bond donors (Lipinski definition) is 0. The Labute approximate surface area is 125 Å². The van der Waals surface area contributed by atoms with Crippen molar-refractivity contribution in [1.29, 1.82) is 0 Å². The third kappa shape index (κ3) is 3.78. The van der Waals surface area contributed by atoms with Crippen molar-refractivity contribution in [3.05, 3.63) is 34.1 Å². The molecule has 0 amide bonds. The molecule has 6 nitrogen and oxygen atoms in total. The van der Waals surface area contributed by atoms with E-state index in [1.807, 2.05) is 0 Å². The molecule has 0 saturated heterocycles. The molecular formula is C10H11Cl2FN2O4S. The van der Waals surface area contributed by atoms with E-state index >= 15 is 0 Å². The third-order valence-corrected chi connectivity index (χ3v) is 4.65. The van der Waals surface area contributed by atoms with Crippen molar-refractivity contribution in [3.8, 4) is 0 Å². The molecule has 112 valence electrons. The van der Waals surface area contributed by atoms with Gasteiger partial charge in [-0.2, -0.15) is 8.70 Å². The molecule has 1 aromatic carbocycles. The number of alkyl halides is 2. The van der Waals surface area contributed by atoms with Crippen LogP contribution in [-0.4, -0.2) is 42.5 Å². The molecular weight excluding hydrogens is 334 g/mol. The summed E-state index contributed by atoms with van der Waals surface area (Å²) in [6.45, 7) is 0.0183. The first-order valence-electron chi connectivity index (χ1n) is 5.40. The van der Waals surface area contributed by atoms with Crippen molar-refractivity contribution in [1.82, 2.24) is 4.31 Å². The zero-order chi connectivity index (χ0) is 15.3. The lowest BCUT2D eigenvalue weighted by molar-refractivity contribution is -0.387. The van der Waals surface area contributed by atoms with E-state index < -0.39 is 26.5 Å². The maximum Gasteiger partial charge on any atom is 0.304 e. The van der Waals surface area contributed by atoms with Crippen molar-refractivity contribution >= 4 is 38.9 Å². The summed E-state index contributed by atoms with van der Waals surface area (Å²) in [6.07, 6.45) is 0. The molecule has 0 unspecified atom stereocenters. The van der Waals surface area contributed by atoms with Crippen molar-refractivity contribution in [2.45, 2.75) is 4.90 Å². The molecule has 0 bridgehead atoms. The fourth-order valence-corrected chi connectivity index (χ4v) is 3.55. The number of sulfonamides is 1. The summed E-state index contributed by atoms with van der Waals surface area (Å²) >= 11 is 11.0. The number of benzene rings is 1. The smallest absolute Gasteiger partial charge is 0.258 e. The SMILES string of the molecule is O=[N+]([O-])c1ccc(S(=O)(=O)N(CCCl)CCCl)cc1F. The Hall–Kier alpha value is -0.960. The summed E-state index contributed by atoms with van der Waals surface area (Å²) < 4.78 is 38.9. The van der Waals surface area contributed by atoms with Gasteiger partial charge in [-0.25, -0.2) is 8.42 Å². The molecule has 0 aliphatic carbocycles. The molecule has 0 atom stereocenters. The van der Waals surface area contributed by atoms with Crippen LogP contribution in [0.1, 0.15) is 0 Å². The quantitative estimate of drug-likeness (QED) is 0.431. The van der Waals surface area contributed by atoms with E-state index in [2.05, 4.69) is 0 Å². The molecule has 1 aromatic rings. The number of rotatable bonds is 7. The highest BCUT2D eigenvalue weighted by Gasteiger charge is 2.26. The highest BCUT2D eigenvalue weighted by atomic mass is 35.5. The zero-order valence-electron chi connectivity index (χ0n) is 10.1. The molecule has 10 heteroatoms. The van der Waals surface area contributed by atoms with E-state index in [9.17, 15) is 22.9 Å². The van der Waals surface area contributed by atoms with E-state index in [0.717, 1.165) is 16.4 Å². The van der Waals surface area contributed by atoms with Crippen molar-refractivity contribution < 1.29 is 17.7 Å². The van der Waals surface area contributed by atoms with Gasteiger partial charge in [0.1, 0.15) is 0 Å². The minimum absolute atomic E-state index is 0.00914. The van der Waals surface area contributed by atoms with E-state index in [1.54, 1.807) is 0 Å². The largest absolute Gasteiger partial charge is 0.304 e. The Morgan fingerprint density at radius 1 is 1.25 bits per heavy atom. The van der Waals surface area contributed by atoms with Crippen molar-refractivity contribution in [2.24, 2.45) is 0 Å². The van der Waals surface area contributed by atoms with Gasteiger partial charge in [-0.05, 0) is 6.07 Å². The minimum Gasteiger partial charge on any atom is -0.258 e. The maximum absolute atomic E-state index is 13.5. The van der Waals surface area contributed by atoms with Gasteiger partial charge in [-0.15, -0.1) is 23.2 Å². The standard InChI is InChI=1S/C10H11Cl2FN2O4S/c11-3-5-14(6-4-12)20(18,19)8-1-2-10(15(16)17)9(13)7-8/h1-2,7H,3-6H2. The van der Waals surface area contributed by atoms with E-state index in [1.165, 1.54) is 0 Å².